The number of furan rings is 1. The van der Waals surface area contributed by atoms with E-state index < -0.39 is 0 Å². The van der Waals surface area contributed by atoms with Gasteiger partial charge in [-0.3, -0.25) is 4.79 Å². The fourth-order valence-electron chi connectivity index (χ4n) is 2.01. The molecule has 0 unspecified atom stereocenters. The smallest absolute Gasteiger partial charge is 0.224 e. The summed E-state index contributed by atoms with van der Waals surface area (Å²) >= 11 is 0. The van der Waals surface area contributed by atoms with E-state index in [1.165, 1.54) is 0 Å². The van der Waals surface area contributed by atoms with Crippen LogP contribution in [-0.2, 0) is 16.0 Å². The minimum absolute atomic E-state index is 0.0142. The molecule has 0 saturated heterocycles. The molecule has 1 aromatic heterocycles. The molecule has 4 heteroatoms. The van der Waals surface area contributed by atoms with Gasteiger partial charge in [0.1, 0.15) is 5.58 Å². The molecule has 19 heavy (non-hydrogen) atoms. The number of aryl methyl sites for hydroxylation is 1. The normalized spacial score (nSPS) is 10.8. The van der Waals surface area contributed by atoms with Gasteiger partial charge in [0.2, 0.25) is 5.91 Å². The summed E-state index contributed by atoms with van der Waals surface area (Å²) in [6, 6.07) is 5.98. The Morgan fingerprint density at radius 2 is 2.26 bits per heavy atom. The van der Waals surface area contributed by atoms with Gasteiger partial charge in [-0.05, 0) is 25.5 Å². The van der Waals surface area contributed by atoms with E-state index in [1.54, 1.807) is 13.4 Å². The van der Waals surface area contributed by atoms with E-state index in [0.29, 0.717) is 19.6 Å². The molecule has 0 radical (unpaired) electrons. The maximum atomic E-state index is 11.8. The van der Waals surface area contributed by atoms with Crippen LogP contribution in [0.4, 0.5) is 0 Å². The Balaban J connectivity index is 1.97. The Morgan fingerprint density at radius 3 is 3.05 bits per heavy atom. The third kappa shape index (κ3) is 3.58. The Morgan fingerprint density at radius 1 is 1.42 bits per heavy atom. The number of carbonyl (C=O) groups is 1. The Bertz CT molecular complexity index is 560. The van der Waals surface area contributed by atoms with Gasteiger partial charge >= 0.3 is 0 Å². The van der Waals surface area contributed by atoms with Crippen LogP contribution in [0.25, 0.3) is 11.0 Å². The van der Waals surface area contributed by atoms with Crippen LogP contribution in [0.1, 0.15) is 17.5 Å². The largest absolute Gasteiger partial charge is 0.464 e. The fourth-order valence-corrected chi connectivity index (χ4v) is 2.01. The van der Waals surface area contributed by atoms with Crippen LogP contribution < -0.4 is 5.32 Å². The second kappa shape index (κ2) is 6.38. The average Bonchev–Trinajstić information content (AvgIpc) is 2.77. The van der Waals surface area contributed by atoms with E-state index >= 15 is 0 Å². The number of methoxy groups -OCH3 is 1. The van der Waals surface area contributed by atoms with Gasteiger partial charge in [-0.1, -0.05) is 11.6 Å². The number of carbonyl (C=O) groups excluding carboxylic acids is 1. The number of amides is 1. The second-order valence-electron chi connectivity index (χ2n) is 4.63. The van der Waals surface area contributed by atoms with Crippen LogP contribution in [0.5, 0.6) is 0 Å². The first-order valence-corrected chi connectivity index (χ1v) is 6.43. The van der Waals surface area contributed by atoms with Crippen molar-refractivity contribution in [1.29, 1.82) is 0 Å². The maximum absolute atomic E-state index is 11.8. The molecule has 0 aliphatic heterocycles. The van der Waals surface area contributed by atoms with E-state index in [0.717, 1.165) is 28.5 Å². The van der Waals surface area contributed by atoms with Gasteiger partial charge in [-0.2, -0.15) is 0 Å². The molecule has 0 fully saturated rings. The third-order valence-corrected chi connectivity index (χ3v) is 3.01. The van der Waals surface area contributed by atoms with Gasteiger partial charge in [-0.15, -0.1) is 0 Å². The van der Waals surface area contributed by atoms with Gasteiger partial charge in [-0.25, -0.2) is 0 Å². The molecule has 0 aliphatic carbocycles. The van der Waals surface area contributed by atoms with Crippen LogP contribution in [0.3, 0.4) is 0 Å². The number of benzene rings is 1. The Labute approximate surface area is 112 Å². The Hall–Kier alpha value is -1.81. The molecule has 0 atom stereocenters. The zero-order valence-electron chi connectivity index (χ0n) is 11.4. The van der Waals surface area contributed by atoms with Crippen molar-refractivity contribution < 1.29 is 13.9 Å². The summed E-state index contributed by atoms with van der Waals surface area (Å²) in [7, 11) is 1.65. The van der Waals surface area contributed by atoms with Gasteiger partial charge in [0.25, 0.3) is 0 Å². The minimum Gasteiger partial charge on any atom is -0.464 e. The molecule has 0 bridgehead atoms. The lowest BCUT2D eigenvalue weighted by molar-refractivity contribution is -0.120. The first-order chi connectivity index (χ1) is 9.20. The van der Waals surface area contributed by atoms with Gasteiger partial charge in [0, 0.05) is 31.2 Å². The summed E-state index contributed by atoms with van der Waals surface area (Å²) in [5, 5.41) is 3.89. The molecule has 4 nitrogen and oxygen atoms in total. The lowest BCUT2D eigenvalue weighted by Crippen LogP contribution is -2.26. The SMILES string of the molecule is COCCCNC(=O)Cc1coc2ccc(C)cc12. The van der Waals surface area contributed by atoms with Gasteiger partial charge in [0.15, 0.2) is 0 Å². The van der Waals surface area contributed by atoms with Crippen molar-refractivity contribution in [2.75, 3.05) is 20.3 Å². The predicted octanol–water partition coefficient (Wildman–Crippen LogP) is 2.44. The molecule has 102 valence electrons. The van der Waals surface area contributed by atoms with E-state index in [1.807, 2.05) is 25.1 Å². The molecule has 1 heterocycles. The van der Waals surface area contributed by atoms with E-state index in [4.69, 9.17) is 9.15 Å². The van der Waals surface area contributed by atoms with Crippen LogP contribution in [0, 0.1) is 6.92 Å². The van der Waals surface area contributed by atoms with Crippen molar-refractivity contribution in [3.05, 3.63) is 35.6 Å². The van der Waals surface area contributed by atoms with Crippen molar-refractivity contribution in [2.24, 2.45) is 0 Å². The van der Waals surface area contributed by atoms with Crippen molar-refractivity contribution >= 4 is 16.9 Å². The zero-order valence-corrected chi connectivity index (χ0v) is 11.4. The van der Waals surface area contributed by atoms with E-state index in [-0.39, 0.29) is 5.91 Å². The summed E-state index contributed by atoms with van der Waals surface area (Å²) in [6.07, 6.45) is 2.84. The van der Waals surface area contributed by atoms with Gasteiger partial charge in [0.05, 0.1) is 12.7 Å². The number of hydrogen-bond donors (Lipinski definition) is 1. The van der Waals surface area contributed by atoms with Crippen LogP contribution in [0.2, 0.25) is 0 Å². The predicted molar refractivity (Wildman–Crippen MR) is 74.2 cm³/mol. The van der Waals surface area contributed by atoms with Crippen LogP contribution in [-0.4, -0.2) is 26.2 Å². The third-order valence-electron chi connectivity index (χ3n) is 3.01. The lowest BCUT2D eigenvalue weighted by atomic mass is 10.1. The molecule has 0 saturated carbocycles. The molecule has 2 aromatic rings. The summed E-state index contributed by atoms with van der Waals surface area (Å²) in [4.78, 5) is 11.8. The van der Waals surface area contributed by atoms with E-state index in [9.17, 15) is 4.79 Å². The van der Waals surface area contributed by atoms with Crippen LogP contribution in [0.15, 0.2) is 28.9 Å². The quantitative estimate of drug-likeness (QED) is 0.812. The standard InChI is InChI=1S/C15H19NO3/c1-11-4-5-14-13(8-11)12(10-19-14)9-15(17)16-6-3-7-18-2/h4-5,8,10H,3,6-7,9H2,1-2H3,(H,16,17). The molecule has 1 aromatic carbocycles. The fraction of sp³-hybridized carbons (Fsp3) is 0.400. The molecular formula is C15H19NO3. The second-order valence-corrected chi connectivity index (χ2v) is 4.63. The summed E-state index contributed by atoms with van der Waals surface area (Å²) < 4.78 is 10.4. The molecule has 1 N–H and O–H groups in total. The first-order valence-electron chi connectivity index (χ1n) is 6.43. The highest BCUT2D eigenvalue weighted by atomic mass is 16.5. The highest BCUT2D eigenvalue weighted by Crippen LogP contribution is 2.22. The van der Waals surface area contributed by atoms with Crippen molar-refractivity contribution in [2.45, 2.75) is 19.8 Å². The van der Waals surface area contributed by atoms with Crippen molar-refractivity contribution in [1.82, 2.24) is 5.32 Å². The molecule has 0 spiro atoms. The molecule has 0 aliphatic rings. The summed E-state index contributed by atoms with van der Waals surface area (Å²) in [5.74, 6) is 0.0142. The summed E-state index contributed by atoms with van der Waals surface area (Å²) in [6.45, 7) is 3.33. The lowest BCUT2D eigenvalue weighted by Gasteiger charge is -2.04. The first kappa shape index (κ1) is 13.6. The van der Waals surface area contributed by atoms with E-state index in [2.05, 4.69) is 5.32 Å². The number of fused-ring (bicyclic) bond motifs is 1. The molecule has 2 rings (SSSR count). The topological polar surface area (TPSA) is 51.5 Å². The number of hydrogen-bond acceptors (Lipinski definition) is 3. The summed E-state index contributed by atoms with van der Waals surface area (Å²) in [5.41, 5.74) is 2.92. The number of ether oxygens (including phenoxy) is 1. The number of nitrogens with one attached hydrogen (secondary N) is 1. The van der Waals surface area contributed by atoms with Crippen LogP contribution >= 0.6 is 0 Å². The number of rotatable bonds is 6. The van der Waals surface area contributed by atoms with Crippen molar-refractivity contribution in [3.8, 4) is 0 Å². The monoisotopic (exact) mass is 261 g/mol. The highest BCUT2D eigenvalue weighted by molar-refractivity contribution is 5.87. The zero-order chi connectivity index (χ0) is 13.7. The minimum atomic E-state index is 0.0142. The molecule has 1 amide bonds. The maximum Gasteiger partial charge on any atom is 0.224 e. The highest BCUT2D eigenvalue weighted by Gasteiger charge is 2.10. The Kier molecular flexibility index (Phi) is 4.58. The molecular weight excluding hydrogens is 242 g/mol. The van der Waals surface area contributed by atoms with Gasteiger partial charge < -0.3 is 14.5 Å². The van der Waals surface area contributed by atoms with Crippen molar-refractivity contribution in [3.63, 3.8) is 0 Å². The average molecular weight is 261 g/mol.